The maximum Gasteiger partial charge on any atom is 0.165 e. The average Bonchev–Trinajstić information content (AvgIpc) is 2.99. The molecule has 0 fully saturated rings. The van der Waals surface area contributed by atoms with Gasteiger partial charge >= 0.3 is 0 Å². The van der Waals surface area contributed by atoms with Crippen molar-refractivity contribution in [2.45, 2.75) is 41.0 Å². The van der Waals surface area contributed by atoms with Gasteiger partial charge in [-0.05, 0) is 36.5 Å². The van der Waals surface area contributed by atoms with Crippen LogP contribution in [0.4, 0.5) is 5.82 Å². The van der Waals surface area contributed by atoms with E-state index in [9.17, 15) is 0 Å². The summed E-state index contributed by atoms with van der Waals surface area (Å²) in [6.45, 7) is 13.1. The lowest BCUT2D eigenvalue weighted by molar-refractivity contribution is 0.546. The summed E-state index contributed by atoms with van der Waals surface area (Å²) < 4.78 is 2.16. The molecule has 4 nitrogen and oxygen atoms in total. The Morgan fingerprint density at radius 3 is 2.28 bits per heavy atom. The molecule has 3 aromatic rings. The topological polar surface area (TPSA) is 33.4 Å². The van der Waals surface area contributed by atoms with E-state index in [1.807, 2.05) is 24.5 Å². The molecule has 2 heterocycles. The third-order valence-corrected chi connectivity index (χ3v) is 5.13. The summed E-state index contributed by atoms with van der Waals surface area (Å²) in [6.07, 6.45) is 4.68. The minimum absolute atomic E-state index is 0. The highest BCUT2D eigenvalue weighted by Crippen LogP contribution is 2.34. The Labute approximate surface area is 189 Å². The van der Waals surface area contributed by atoms with E-state index in [0.717, 1.165) is 47.9 Å². The van der Waals surface area contributed by atoms with Gasteiger partial charge in [0.25, 0.3) is 0 Å². The first kappa shape index (κ1) is 23.8. The van der Waals surface area contributed by atoms with Gasteiger partial charge < -0.3 is 4.90 Å². The van der Waals surface area contributed by atoms with E-state index < -0.39 is 0 Å². The number of nitrogens with zero attached hydrogens (tertiary/aromatic N) is 4. The average molecular weight is 456 g/mol. The van der Waals surface area contributed by atoms with Crippen molar-refractivity contribution < 1.29 is 0 Å². The summed E-state index contributed by atoms with van der Waals surface area (Å²) in [5.74, 6) is 2.27. The molecule has 0 N–H and O–H groups in total. The summed E-state index contributed by atoms with van der Waals surface area (Å²) in [6, 6.07) is 5.49. The fourth-order valence-corrected chi connectivity index (χ4v) is 4.08. The lowest BCUT2D eigenvalue weighted by atomic mass is 10.1. The van der Waals surface area contributed by atoms with E-state index in [-0.39, 0.29) is 12.4 Å². The van der Waals surface area contributed by atoms with Gasteiger partial charge in [0.05, 0.1) is 10.7 Å². The summed E-state index contributed by atoms with van der Waals surface area (Å²) in [4.78, 5) is 12.0. The van der Waals surface area contributed by atoms with Crippen molar-refractivity contribution in [2.75, 3.05) is 18.0 Å². The second kappa shape index (κ2) is 10.0. The maximum atomic E-state index is 6.47. The first-order valence-corrected chi connectivity index (χ1v) is 10.6. The molecule has 3 rings (SSSR count). The first-order valence-electron chi connectivity index (χ1n) is 9.88. The number of aryl methyl sites for hydroxylation is 1. The lowest BCUT2D eigenvalue weighted by Crippen LogP contribution is -2.33. The molecule has 0 radical (unpaired) electrons. The van der Waals surface area contributed by atoms with E-state index in [4.69, 9.17) is 28.2 Å². The van der Waals surface area contributed by atoms with E-state index >= 15 is 0 Å². The van der Waals surface area contributed by atoms with Crippen molar-refractivity contribution in [2.24, 2.45) is 11.8 Å². The van der Waals surface area contributed by atoms with E-state index in [1.165, 1.54) is 0 Å². The minimum Gasteiger partial charge on any atom is -0.356 e. The zero-order chi connectivity index (χ0) is 20.4. The molecular formula is C22H29Cl3N4. The van der Waals surface area contributed by atoms with Gasteiger partial charge in [-0.25, -0.2) is 4.98 Å². The number of fused-ring (bicyclic) bond motifs is 1. The summed E-state index contributed by atoms with van der Waals surface area (Å²) >= 11 is 12.6. The molecule has 0 saturated carbocycles. The van der Waals surface area contributed by atoms with Crippen LogP contribution < -0.4 is 4.90 Å². The van der Waals surface area contributed by atoms with Crippen molar-refractivity contribution in [1.29, 1.82) is 0 Å². The first-order chi connectivity index (χ1) is 13.3. The quantitative estimate of drug-likeness (QED) is 0.392. The number of benzene rings is 1. The smallest absolute Gasteiger partial charge is 0.165 e. The number of halogens is 3. The van der Waals surface area contributed by atoms with Crippen molar-refractivity contribution >= 4 is 47.1 Å². The molecule has 0 unspecified atom stereocenters. The summed E-state index contributed by atoms with van der Waals surface area (Å²) in [7, 11) is 0. The third-order valence-electron chi connectivity index (χ3n) is 4.58. The van der Waals surface area contributed by atoms with Crippen LogP contribution in [-0.2, 0) is 6.42 Å². The van der Waals surface area contributed by atoms with Crippen LogP contribution in [-0.4, -0.2) is 27.5 Å². The number of hydrogen-bond donors (Lipinski definition) is 0. The Bertz CT molecular complexity index is 956. The second-order valence-corrected chi connectivity index (χ2v) is 8.87. The highest BCUT2D eigenvalue weighted by Gasteiger charge is 2.22. The van der Waals surface area contributed by atoms with E-state index in [0.29, 0.717) is 21.9 Å². The lowest BCUT2D eigenvalue weighted by Gasteiger charge is -2.28. The molecule has 0 aliphatic rings. The molecule has 0 spiro atoms. The van der Waals surface area contributed by atoms with Crippen LogP contribution in [0.15, 0.2) is 30.6 Å². The molecule has 29 heavy (non-hydrogen) atoms. The number of imidazole rings is 1. The fraction of sp³-hybridized carbons (Fsp3) is 0.455. The van der Waals surface area contributed by atoms with Gasteiger partial charge in [0.15, 0.2) is 5.65 Å². The van der Waals surface area contributed by atoms with Crippen LogP contribution in [0, 0.1) is 11.8 Å². The third kappa shape index (κ3) is 5.17. The van der Waals surface area contributed by atoms with E-state index in [2.05, 4.69) is 48.9 Å². The minimum atomic E-state index is 0. The van der Waals surface area contributed by atoms with Gasteiger partial charge in [-0.15, -0.1) is 12.4 Å². The molecule has 0 bridgehead atoms. The van der Waals surface area contributed by atoms with Crippen LogP contribution in [0.5, 0.6) is 0 Å². The number of aromatic nitrogens is 3. The van der Waals surface area contributed by atoms with Gasteiger partial charge in [0.1, 0.15) is 11.5 Å². The van der Waals surface area contributed by atoms with Crippen molar-refractivity contribution in [3.63, 3.8) is 0 Å². The highest BCUT2D eigenvalue weighted by molar-refractivity contribution is 6.36. The molecule has 158 valence electrons. The Kier molecular flexibility index (Phi) is 8.21. The molecule has 0 aliphatic heterocycles. The maximum absolute atomic E-state index is 6.47. The van der Waals surface area contributed by atoms with Gasteiger partial charge in [0, 0.05) is 36.1 Å². The molecule has 0 atom stereocenters. The highest BCUT2D eigenvalue weighted by atomic mass is 35.5. The Hall–Kier alpha value is -1.49. The monoisotopic (exact) mass is 454 g/mol. The molecule has 1 aromatic carbocycles. The SMILES string of the molecule is CCc1nc2c(-c3ccc(Cl)cc3Cl)nccn2c1N(CC(C)C)CC(C)C.Cl. The Balaban J connectivity index is 0.00000300. The van der Waals surface area contributed by atoms with Crippen LogP contribution >= 0.6 is 35.6 Å². The van der Waals surface area contributed by atoms with Crippen LogP contribution in [0.2, 0.25) is 10.0 Å². The Morgan fingerprint density at radius 2 is 1.72 bits per heavy atom. The molecule has 0 amide bonds. The van der Waals surface area contributed by atoms with Crippen LogP contribution in [0.25, 0.3) is 16.9 Å². The summed E-state index contributed by atoms with van der Waals surface area (Å²) in [5.41, 5.74) is 3.53. The zero-order valence-corrected chi connectivity index (χ0v) is 19.9. The fourth-order valence-electron chi connectivity index (χ4n) is 3.58. The number of hydrogen-bond acceptors (Lipinski definition) is 3. The van der Waals surface area contributed by atoms with Crippen LogP contribution in [0.3, 0.4) is 0 Å². The molecule has 7 heteroatoms. The number of anilines is 1. The standard InChI is InChI=1S/C22H28Cl2N4.ClH/c1-6-19-22(27(12-14(2)3)13-15(4)5)28-10-9-25-20(21(28)26-19)17-8-7-16(23)11-18(17)24;/h7-11,14-15H,6,12-13H2,1-5H3;1H. The van der Waals surface area contributed by atoms with Crippen molar-refractivity contribution in [3.05, 3.63) is 46.3 Å². The number of rotatable bonds is 7. The van der Waals surface area contributed by atoms with Gasteiger partial charge in [-0.3, -0.25) is 9.38 Å². The van der Waals surface area contributed by atoms with Gasteiger partial charge in [-0.2, -0.15) is 0 Å². The second-order valence-electron chi connectivity index (χ2n) is 8.02. The Morgan fingerprint density at radius 1 is 1.07 bits per heavy atom. The molecule has 2 aromatic heterocycles. The molecule has 0 aliphatic carbocycles. The largest absolute Gasteiger partial charge is 0.356 e. The van der Waals surface area contributed by atoms with Crippen molar-refractivity contribution in [3.8, 4) is 11.3 Å². The molecular weight excluding hydrogens is 427 g/mol. The molecule has 0 saturated heterocycles. The predicted molar refractivity (Wildman–Crippen MR) is 127 cm³/mol. The summed E-state index contributed by atoms with van der Waals surface area (Å²) in [5, 5.41) is 1.19. The van der Waals surface area contributed by atoms with Gasteiger partial charge in [-0.1, -0.05) is 57.8 Å². The van der Waals surface area contributed by atoms with Gasteiger partial charge in [0.2, 0.25) is 0 Å². The van der Waals surface area contributed by atoms with E-state index in [1.54, 1.807) is 6.07 Å². The normalized spacial score (nSPS) is 11.3. The predicted octanol–water partition coefficient (Wildman–Crippen LogP) is 6.81. The van der Waals surface area contributed by atoms with Crippen molar-refractivity contribution in [1.82, 2.24) is 14.4 Å². The van der Waals surface area contributed by atoms with Crippen LogP contribution in [0.1, 0.15) is 40.3 Å². The zero-order valence-electron chi connectivity index (χ0n) is 17.6.